The molecule has 0 aliphatic carbocycles. The van der Waals surface area contributed by atoms with E-state index in [9.17, 15) is 13.2 Å². The summed E-state index contributed by atoms with van der Waals surface area (Å²) < 4.78 is 37.8. The van der Waals surface area contributed by atoms with E-state index in [0.717, 1.165) is 11.1 Å². The van der Waals surface area contributed by atoms with Crippen molar-refractivity contribution in [2.24, 2.45) is 0 Å². The highest BCUT2D eigenvalue weighted by Crippen LogP contribution is 2.21. The molecule has 1 aliphatic rings. The summed E-state index contributed by atoms with van der Waals surface area (Å²) in [6, 6.07) is 12.1. The van der Waals surface area contributed by atoms with Gasteiger partial charge in [-0.15, -0.1) is 0 Å². The molecule has 1 heterocycles. The number of carbonyl (C=O) groups is 1. The lowest BCUT2D eigenvalue weighted by molar-refractivity contribution is -0.134. The molecule has 1 saturated heterocycles. The summed E-state index contributed by atoms with van der Waals surface area (Å²) in [6.07, 6.45) is 0. The molecule has 0 radical (unpaired) electrons. The van der Waals surface area contributed by atoms with E-state index in [2.05, 4.69) is 0 Å². The maximum absolute atomic E-state index is 12.9. The number of nitrogens with zero attached hydrogens (tertiary/aromatic N) is 2. The summed E-state index contributed by atoms with van der Waals surface area (Å²) in [5.74, 6) is 1.13. The van der Waals surface area contributed by atoms with Crippen LogP contribution in [0.25, 0.3) is 0 Å². The van der Waals surface area contributed by atoms with Gasteiger partial charge in [0.05, 0.1) is 12.0 Å². The number of amides is 1. The number of rotatable bonds is 6. The van der Waals surface area contributed by atoms with Crippen molar-refractivity contribution < 1.29 is 22.7 Å². The highest BCUT2D eigenvalue weighted by atomic mass is 32.2. The summed E-state index contributed by atoms with van der Waals surface area (Å²) in [6.45, 7) is 4.98. The van der Waals surface area contributed by atoms with Gasteiger partial charge >= 0.3 is 0 Å². The Morgan fingerprint density at radius 1 is 0.931 bits per heavy atom. The van der Waals surface area contributed by atoms with E-state index in [1.165, 1.54) is 4.31 Å². The van der Waals surface area contributed by atoms with Crippen molar-refractivity contribution in [1.29, 1.82) is 0 Å². The molecule has 0 unspecified atom stereocenters. The van der Waals surface area contributed by atoms with Gasteiger partial charge in [0.1, 0.15) is 11.5 Å². The molecular weight excluding hydrogens is 392 g/mol. The van der Waals surface area contributed by atoms with Crippen molar-refractivity contribution in [1.82, 2.24) is 9.21 Å². The molecule has 8 heteroatoms. The van der Waals surface area contributed by atoms with Crippen molar-refractivity contribution in [2.45, 2.75) is 18.7 Å². The van der Waals surface area contributed by atoms with Crippen LogP contribution in [0.3, 0.4) is 0 Å². The van der Waals surface area contributed by atoms with E-state index < -0.39 is 10.0 Å². The summed E-state index contributed by atoms with van der Waals surface area (Å²) >= 11 is 0. The quantitative estimate of drug-likeness (QED) is 0.719. The van der Waals surface area contributed by atoms with E-state index in [-0.39, 0.29) is 25.6 Å². The maximum Gasteiger partial charge on any atom is 0.260 e. The minimum absolute atomic E-state index is 0.0871. The topological polar surface area (TPSA) is 76.2 Å². The van der Waals surface area contributed by atoms with Crippen molar-refractivity contribution in [3.63, 3.8) is 0 Å². The molecule has 1 aliphatic heterocycles. The van der Waals surface area contributed by atoms with Gasteiger partial charge in [-0.3, -0.25) is 4.79 Å². The van der Waals surface area contributed by atoms with Crippen LogP contribution in [0.15, 0.2) is 47.4 Å². The molecule has 0 N–H and O–H groups in total. The minimum Gasteiger partial charge on any atom is -0.497 e. The van der Waals surface area contributed by atoms with Crippen LogP contribution in [-0.2, 0) is 14.8 Å². The molecule has 3 rings (SSSR count). The molecular formula is C21H26N2O5S. The Bertz CT molecular complexity index is 965. The van der Waals surface area contributed by atoms with Crippen LogP contribution in [0.1, 0.15) is 11.1 Å². The predicted molar refractivity (Wildman–Crippen MR) is 110 cm³/mol. The molecule has 2 aromatic carbocycles. The molecule has 2 aromatic rings. The molecule has 0 spiro atoms. The molecule has 1 amide bonds. The fourth-order valence-electron chi connectivity index (χ4n) is 3.11. The first-order valence-corrected chi connectivity index (χ1v) is 10.9. The Morgan fingerprint density at radius 2 is 1.55 bits per heavy atom. The largest absolute Gasteiger partial charge is 0.497 e. The lowest BCUT2D eigenvalue weighted by atomic mass is 10.1. The van der Waals surface area contributed by atoms with Gasteiger partial charge in [0.15, 0.2) is 6.61 Å². The van der Waals surface area contributed by atoms with Gasteiger partial charge < -0.3 is 14.4 Å². The van der Waals surface area contributed by atoms with Crippen LogP contribution < -0.4 is 9.47 Å². The number of piperazine rings is 1. The predicted octanol–water partition coefficient (Wildman–Crippen LogP) is 2.22. The third-order valence-corrected chi connectivity index (χ3v) is 7.02. The van der Waals surface area contributed by atoms with Crippen molar-refractivity contribution in [2.75, 3.05) is 39.9 Å². The Kier molecular flexibility index (Phi) is 6.44. The second kappa shape index (κ2) is 8.84. The summed E-state index contributed by atoms with van der Waals surface area (Å²) in [5.41, 5.74) is 1.99. The van der Waals surface area contributed by atoms with Crippen LogP contribution in [0.2, 0.25) is 0 Å². The highest BCUT2D eigenvalue weighted by molar-refractivity contribution is 7.89. The van der Waals surface area contributed by atoms with Gasteiger partial charge in [-0.2, -0.15) is 4.31 Å². The molecule has 0 bridgehead atoms. The summed E-state index contributed by atoms with van der Waals surface area (Å²) in [4.78, 5) is 14.3. The molecule has 7 nitrogen and oxygen atoms in total. The Balaban J connectivity index is 1.54. The third-order valence-electron chi connectivity index (χ3n) is 5.13. The number of ether oxygens (including phenoxy) is 2. The zero-order valence-corrected chi connectivity index (χ0v) is 17.7. The third kappa shape index (κ3) is 4.89. The summed E-state index contributed by atoms with van der Waals surface area (Å²) in [5, 5.41) is 0. The Hall–Kier alpha value is -2.58. The number of hydrogen-bond acceptors (Lipinski definition) is 5. The normalized spacial score (nSPS) is 15.2. The fourth-order valence-corrected chi connectivity index (χ4v) is 4.62. The van der Waals surface area contributed by atoms with Gasteiger partial charge in [-0.1, -0.05) is 6.07 Å². The van der Waals surface area contributed by atoms with Crippen molar-refractivity contribution >= 4 is 15.9 Å². The van der Waals surface area contributed by atoms with Gasteiger partial charge in [0.2, 0.25) is 10.0 Å². The number of sulfonamides is 1. The zero-order valence-electron chi connectivity index (χ0n) is 16.9. The van der Waals surface area contributed by atoms with Crippen LogP contribution in [0, 0.1) is 13.8 Å². The number of carbonyl (C=O) groups excluding carboxylic acids is 1. The van der Waals surface area contributed by atoms with Gasteiger partial charge in [0, 0.05) is 26.2 Å². The van der Waals surface area contributed by atoms with Crippen LogP contribution in [0.4, 0.5) is 0 Å². The van der Waals surface area contributed by atoms with E-state index in [1.54, 1.807) is 48.4 Å². The fraction of sp³-hybridized carbons (Fsp3) is 0.381. The molecule has 156 valence electrons. The first-order valence-electron chi connectivity index (χ1n) is 9.43. The molecule has 0 aromatic heterocycles. The Labute approximate surface area is 171 Å². The standard InChI is InChI=1S/C21H26N2O5S/c1-16-4-9-20(14-17(16)2)29(25,26)23-12-10-22(11-13-23)21(24)15-28-19-7-5-18(27-3)6-8-19/h4-9,14H,10-13,15H2,1-3H3. The van der Waals surface area contributed by atoms with Gasteiger partial charge in [-0.25, -0.2) is 8.42 Å². The maximum atomic E-state index is 12.9. The second-order valence-electron chi connectivity index (χ2n) is 7.00. The number of aryl methyl sites for hydroxylation is 2. The molecule has 0 atom stereocenters. The molecule has 0 saturated carbocycles. The van der Waals surface area contributed by atoms with Crippen LogP contribution >= 0.6 is 0 Å². The van der Waals surface area contributed by atoms with Gasteiger partial charge in [0.25, 0.3) is 5.91 Å². The first kappa shape index (κ1) is 21.1. The zero-order chi connectivity index (χ0) is 21.0. The van der Waals surface area contributed by atoms with Crippen molar-refractivity contribution in [3.8, 4) is 11.5 Å². The Morgan fingerprint density at radius 3 is 2.14 bits per heavy atom. The second-order valence-corrected chi connectivity index (χ2v) is 8.93. The van der Waals surface area contributed by atoms with E-state index in [0.29, 0.717) is 29.5 Å². The minimum atomic E-state index is -3.56. The first-order chi connectivity index (χ1) is 13.8. The summed E-state index contributed by atoms with van der Waals surface area (Å²) in [7, 11) is -1.98. The lowest BCUT2D eigenvalue weighted by Gasteiger charge is -2.34. The van der Waals surface area contributed by atoms with E-state index in [1.807, 2.05) is 19.9 Å². The highest BCUT2D eigenvalue weighted by Gasteiger charge is 2.30. The van der Waals surface area contributed by atoms with Crippen LogP contribution in [-0.4, -0.2) is 63.4 Å². The number of methoxy groups -OCH3 is 1. The monoisotopic (exact) mass is 418 g/mol. The smallest absolute Gasteiger partial charge is 0.260 e. The molecule has 1 fully saturated rings. The number of benzene rings is 2. The molecule has 29 heavy (non-hydrogen) atoms. The lowest BCUT2D eigenvalue weighted by Crippen LogP contribution is -2.51. The average Bonchev–Trinajstić information content (AvgIpc) is 2.74. The average molecular weight is 419 g/mol. The van der Waals surface area contributed by atoms with E-state index >= 15 is 0 Å². The number of hydrogen-bond donors (Lipinski definition) is 0. The van der Waals surface area contributed by atoms with Crippen molar-refractivity contribution in [3.05, 3.63) is 53.6 Å². The van der Waals surface area contributed by atoms with E-state index in [4.69, 9.17) is 9.47 Å². The SMILES string of the molecule is COc1ccc(OCC(=O)N2CCN(S(=O)(=O)c3ccc(C)c(C)c3)CC2)cc1. The van der Waals surface area contributed by atoms with Crippen LogP contribution in [0.5, 0.6) is 11.5 Å². The van der Waals surface area contributed by atoms with Gasteiger partial charge in [-0.05, 0) is 61.4 Å².